The molecule has 0 aliphatic carbocycles. The van der Waals surface area contributed by atoms with Crippen molar-refractivity contribution >= 4 is 11.9 Å². The van der Waals surface area contributed by atoms with Gasteiger partial charge in [-0.25, -0.2) is 0 Å². The first kappa shape index (κ1) is 74.3. The molecule has 446 valence electrons. The Hall–Kier alpha value is -3.70. The Labute approximate surface area is 483 Å². The maximum absolute atomic E-state index is 12.3. The van der Waals surface area contributed by atoms with Crippen molar-refractivity contribution in [1.82, 2.24) is 0 Å². The van der Waals surface area contributed by atoms with Gasteiger partial charge in [0, 0.05) is 12.8 Å². The van der Waals surface area contributed by atoms with Crippen LogP contribution in [0.1, 0.15) is 309 Å². The lowest BCUT2D eigenvalue weighted by Gasteiger charge is -2.15. The Balaban J connectivity index is 3.55. The van der Waals surface area contributed by atoms with Crippen molar-refractivity contribution in [1.29, 1.82) is 0 Å². The van der Waals surface area contributed by atoms with Crippen LogP contribution in [0.4, 0.5) is 0 Å². The predicted octanol–water partition coefficient (Wildman–Crippen LogP) is 23.0. The first-order chi connectivity index (χ1) is 38.6. The SMILES string of the molecule is CC/C=C\C/C=C\C/C=C\C/C=C\C/C=C\C/C=C\C/C=C\C/C=C\C/C=C\C/C=C\CCCCCCCCCCC(=O)OC(CO)COC(=O)CCCCCCCCCCCCCCCCCCCCCCCCCCC. The summed E-state index contributed by atoms with van der Waals surface area (Å²) in [4.78, 5) is 24.6. The van der Waals surface area contributed by atoms with E-state index < -0.39 is 6.10 Å². The van der Waals surface area contributed by atoms with Crippen molar-refractivity contribution in [2.75, 3.05) is 13.2 Å². The van der Waals surface area contributed by atoms with Gasteiger partial charge in [0.15, 0.2) is 6.10 Å². The normalized spacial score (nSPS) is 13.0. The molecule has 0 aliphatic rings. The number of aliphatic hydroxyl groups excluding tert-OH is 1. The molecule has 78 heavy (non-hydrogen) atoms. The maximum Gasteiger partial charge on any atom is 0.306 e. The van der Waals surface area contributed by atoms with Gasteiger partial charge in [0.1, 0.15) is 6.61 Å². The molecule has 0 aromatic rings. The highest BCUT2D eigenvalue weighted by molar-refractivity contribution is 5.70. The third kappa shape index (κ3) is 64.8. The van der Waals surface area contributed by atoms with Gasteiger partial charge >= 0.3 is 11.9 Å². The molecule has 1 N–H and O–H groups in total. The highest BCUT2D eigenvalue weighted by Crippen LogP contribution is 2.17. The van der Waals surface area contributed by atoms with E-state index in [9.17, 15) is 14.7 Å². The van der Waals surface area contributed by atoms with E-state index in [1.54, 1.807) is 0 Å². The van der Waals surface area contributed by atoms with E-state index in [2.05, 4.69) is 135 Å². The van der Waals surface area contributed by atoms with E-state index in [1.165, 1.54) is 173 Å². The summed E-state index contributed by atoms with van der Waals surface area (Å²) in [5.41, 5.74) is 0. The van der Waals surface area contributed by atoms with Crippen LogP contribution in [0.5, 0.6) is 0 Å². The van der Waals surface area contributed by atoms with Crippen molar-refractivity contribution in [2.45, 2.75) is 315 Å². The van der Waals surface area contributed by atoms with Crippen LogP contribution in [0.15, 0.2) is 122 Å². The molecule has 5 nitrogen and oxygen atoms in total. The van der Waals surface area contributed by atoms with E-state index in [-0.39, 0.29) is 25.2 Å². The second kappa shape index (κ2) is 67.6. The van der Waals surface area contributed by atoms with Crippen molar-refractivity contribution < 1.29 is 24.2 Å². The molecule has 1 atom stereocenters. The number of unbranched alkanes of at least 4 members (excludes halogenated alkanes) is 32. The second-order valence-corrected chi connectivity index (χ2v) is 21.8. The Morgan fingerprint density at radius 3 is 0.833 bits per heavy atom. The van der Waals surface area contributed by atoms with Crippen LogP contribution < -0.4 is 0 Å². The quantitative estimate of drug-likeness (QED) is 0.0373. The molecule has 0 saturated heterocycles. The smallest absolute Gasteiger partial charge is 0.306 e. The zero-order valence-electron chi connectivity index (χ0n) is 51.1. The number of allylic oxidation sites excluding steroid dienone is 20. The van der Waals surface area contributed by atoms with Gasteiger partial charge in [-0.1, -0.05) is 328 Å². The summed E-state index contributed by atoms with van der Waals surface area (Å²) in [7, 11) is 0. The average molecular weight is 1080 g/mol. The van der Waals surface area contributed by atoms with E-state index in [0.29, 0.717) is 12.8 Å². The summed E-state index contributed by atoms with van der Waals surface area (Å²) in [6.07, 6.45) is 99.2. The fourth-order valence-electron chi connectivity index (χ4n) is 9.35. The molecular weight excluding hydrogens is 957 g/mol. The Morgan fingerprint density at radius 1 is 0.308 bits per heavy atom. The molecule has 5 heteroatoms. The number of aliphatic hydroxyl groups is 1. The molecule has 0 spiro atoms. The van der Waals surface area contributed by atoms with Crippen LogP contribution in [0, 0.1) is 0 Å². The Bertz CT molecular complexity index is 1550. The van der Waals surface area contributed by atoms with Gasteiger partial charge in [-0.2, -0.15) is 0 Å². The number of hydrogen-bond donors (Lipinski definition) is 1. The number of esters is 2. The highest BCUT2D eigenvalue weighted by atomic mass is 16.6. The number of hydrogen-bond acceptors (Lipinski definition) is 5. The largest absolute Gasteiger partial charge is 0.462 e. The van der Waals surface area contributed by atoms with Gasteiger partial charge in [0.05, 0.1) is 6.61 Å². The lowest BCUT2D eigenvalue weighted by molar-refractivity contribution is -0.161. The fraction of sp³-hybridized carbons (Fsp3) is 0.699. The number of ether oxygens (including phenoxy) is 2. The lowest BCUT2D eigenvalue weighted by Crippen LogP contribution is -2.28. The third-order valence-electron chi connectivity index (χ3n) is 14.3. The third-order valence-corrected chi connectivity index (χ3v) is 14.3. The van der Waals surface area contributed by atoms with Crippen LogP contribution >= 0.6 is 0 Å². The predicted molar refractivity (Wildman–Crippen MR) is 343 cm³/mol. The van der Waals surface area contributed by atoms with Crippen LogP contribution in [-0.4, -0.2) is 36.4 Å². The van der Waals surface area contributed by atoms with Gasteiger partial charge in [-0.15, -0.1) is 0 Å². The molecular formula is C73H124O5. The van der Waals surface area contributed by atoms with Crippen molar-refractivity contribution in [3.8, 4) is 0 Å². The number of rotatable bonds is 60. The summed E-state index contributed by atoms with van der Waals surface area (Å²) >= 11 is 0. The van der Waals surface area contributed by atoms with Crippen LogP contribution in [-0.2, 0) is 19.1 Å². The zero-order chi connectivity index (χ0) is 56.2. The summed E-state index contributed by atoms with van der Waals surface area (Å²) in [5, 5.41) is 9.69. The topological polar surface area (TPSA) is 72.8 Å². The van der Waals surface area contributed by atoms with Crippen molar-refractivity contribution in [2.24, 2.45) is 0 Å². The molecule has 0 amide bonds. The summed E-state index contributed by atoms with van der Waals surface area (Å²) in [5.74, 6) is -0.593. The standard InChI is InChI=1S/C73H124O5/c1-3-5-7-9-11-13-15-17-19-21-23-25-27-29-30-31-32-33-34-35-36-37-38-39-40-41-42-44-46-48-50-52-54-56-58-60-62-64-66-68-73(76)78-71(69-74)70-77-72(75)67-65-63-61-59-57-55-53-51-49-47-45-43-28-26-24-22-20-18-16-14-12-10-8-6-4-2/h5,7,11,13,17,19,23,25,29-30,32-33,35-36,38-39,41-42,46,48,71,74H,3-4,6,8-10,12,14-16,18,20-22,24,26-28,31,34,37,40,43-45,47,49-70H2,1-2H3/b7-5-,13-11-,19-17-,25-23-,30-29-,33-32-,36-35-,39-38-,42-41-,48-46-. The average Bonchev–Trinajstić information content (AvgIpc) is 3.44. The van der Waals surface area contributed by atoms with Gasteiger partial charge < -0.3 is 14.6 Å². The summed E-state index contributed by atoms with van der Waals surface area (Å²) in [6, 6.07) is 0. The van der Waals surface area contributed by atoms with Crippen LogP contribution in [0.3, 0.4) is 0 Å². The number of carbonyl (C=O) groups is 2. The van der Waals surface area contributed by atoms with Gasteiger partial charge in [0.2, 0.25) is 0 Å². The monoisotopic (exact) mass is 1080 g/mol. The molecule has 0 fully saturated rings. The van der Waals surface area contributed by atoms with Crippen LogP contribution in [0.25, 0.3) is 0 Å². The maximum atomic E-state index is 12.3. The van der Waals surface area contributed by atoms with Crippen molar-refractivity contribution in [3.05, 3.63) is 122 Å². The number of carbonyl (C=O) groups excluding carboxylic acids is 2. The van der Waals surface area contributed by atoms with E-state index in [1.807, 2.05) is 0 Å². The molecule has 0 rings (SSSR count). The van der Waals surface area contributed by atoms with Gasteiger partial charge in [0.25, 0.3) is 0 Å². The zero-order valence-corrected chi connectivity index (χ0v) is 51.1. The highest BCUT2D eigenvalue weighted by Gasteiger charge is 2.16. The van der Waals surface area contributed by atoms with E-state index in [0.717, 1.165) is 109 Å². The van der Waals surface area contributed by atoms with Crippen molar-refractivity contribution in [3.63, 3.8) is 0 Å². The lowest BCUT2D eigenvalue weighted by atomic mass is 10.0. The molecule has 0 saturated carbocycles. The molecule has 0 aliphatic heterocycles. The Kier molecular flexibility index (Phi) is 64.4. The fourth-order valence-corrected chi connectivity index (χ4v) is 9.35. The molecule has 0 radical (unpaired) electrons. The van der Waals surface area contributed by atoms with Crippen LogP contribution in [0.2, 0.25) is 0 Å². The molecule has 0 heterocycles. The second-order valence-electron chi connectivity index (χ2n) is 21.8. The molecule has 0 aromatic carbocycles. The van der Waals surface area contributed by atoms with Gasteiger partial charge in [-0.3, -0.25) is 9.59 Å². The van der Waals surface area contributed by atoms with E-state index in [4.69, 9.17) is 9.47 Å². The minimum atomic E-state index is -0.783. The molecule has 0 aromatic heterocycles. The summed E-state index contributed by atoms with van der Waals surface area (Å²) in [6.45, 7) is 4.05. The molecule has 1 unspecified atom stereocenters. The first-order valence-corrected chi connectivity index (χ1v) is 33.1. The van der Waals surface area contributed by atoms with Gasteiger partial charge in [-0.05, 0) is 89.9 Å². The molecule has 0 bridgehead atoms. The minimum absolute atomic E-state index is 0.0715. The van der Waals surface area contributed by atoms with E-state index >= 15 is 0 Å². The summed E-state index contributed by atoms with van der Waals surface area (Å²) < 4.78 is 10.7. The Morgan fingerprint density at radius 2 is 0.551 bits per heavy atom. The first-order valence-electron chi connectivity index (χ1n) is 33.1. The minimum Gasteiger partial charge on any atom is -0.462 e.